The fourth-order valence-corrected chi connectivity index (χ4v) is 12.9. The van der Waals surface area contributed by atoms with E-state index in [2.05, 4.69) is 29.1 Å². The van der Waals surface area contributed by atoms with Crippen molar-refractivity contribution in [2.45, 2.75) is 147 Å². The molecule has 2 aromatic heterocycles. The Morgan fingerprint density at radius 1 is 0.391 bits per heavy atom. The predicted molar refractivity (Wildman–Crippen MR) is 341 cm³/mol. The number of aliphatic carboxylic acids is 4. The summed E-state index contributed by atoms with van der Waals surface area (Å²) < 4.78 is 0. The van der Waals surface area contributed by atoms with Gasteiger partial charge in [-0.15, -0.1) is 0 Å². The van der Waals surface area contributed by atoms with Gasteiger partial charge in [-0.3, -0.25) is 19.2 Å². The second-order valence-corrected chi connectivity index (χ2v) is 23.2. The van der Waals surface area contributed by atoms with Gasteiger partial charge in [-0.1, -0.05) is 0 Å². The lowest BCUT2D eigenvalue weighted by molar-refractivity contribution is -0.137. The Morgan fingerprint density at radius 2 is 0.690 bits per heavy atom. The Labute approximate surface area is 502 Å². The zero-order valence-electron chi connectivity index (χ0n) is 50.9. The Bertz CT molecular complexity index is 4160. The van der Waals surface area contributed by atoms with Crippen LogP contribution in [-0.2, 0) is 19.2 Å². The van der Waals surface area contributed by atoms with E-state index in [0.29, 0.717) is 101 Å². The van der Waals surface area contributed by atoms with E-state index >= 15 is 0 Å². The predicted octanol–water partition coefficient (Wildman–Crippen LogP) is 9.29. The van der Waals surface area contributed by atoms with Crippen molar-refractivity contribution in [3.05, 3.63) is 169 Å². The minimum Gasteiger partial charge on any atom is -0.512 e. The number of carbonyl (C=O) groups is 4. The first-order valence-electron chi connectivity index (χ1n) is 29.1. The van der Waals surface area contributed by atoms with Crippen LogP contribution in [0.2, 0.25) is 0 Å². The molecule has 448 valence electrons. The molecule has 0 saturated carbocycles. The molecular formula is C68H71N9O10. The number of allylic oxidation sites excluding steroid dienone is 14. The third kappa shape index (κ3) is 11.7. The minimum atomic E-state index is -0.970. The number of aliphatic hydroxyl groups excluding tert-OH is 2. The number of hydrogen-bond donors (Lipinski definition) is 9. The van der Waals surface area contributed by atoms with Crippen LogP contribution in [0.25, 0.3) is 35.8 Å². The van der Waals surface area contributed by atoms with Crippen molar-refractivity contribution >= 4 is 94.0 Å². The van der Waals surface area contributed by atoms with Crippen LogP contribution in [0.3, 0.4) is 0 Å². The summed E-state index contributed by atoms with van der Waals surface area (Å²) in [6.07, 6.45) is 15.2. The summed E-state index contributed by atoms with van der Waals surface area (Å²) in [5, 5.41) is 68.4. The molecule has 10 rings (SSSR count). The summed E-state index contributed by atoms with van der Waals surface area (Å²) >= 11 is 0. The topological polar surface area (TPSA) is 307 Å². The number of aliphatic imine (C=N–C) groups is 6. The summed E-state index contributed by atoms with van der Waals surface area (Å²) in [5.41, 5.74) is 19.1. The highest BCUT2D eigenvalue weighted by Gasteiger charge is 2.34. The van der Waals surface area contributed by atoms with Gasteiger partial charge in [-0.25, -0.2) is 30.0 Å². The summed E-state index contributed by atoms with van der Waals surface area (Å²) in [5.74, 6) is -3.68. The van der Waals surface area contributed by atoms with E-state index in [-0.39, 0.29) is 62.9 Å². The number of H-pyrrole nitrogens is 2. The third-order valence-corrected chi connectivity index (χ3v) is 17.5. The van der Waals surface area contributed by atoms with E-state index in [9.17, 15) is 49.8 Å². The second-order valence-electron chi connectivity index (χ2n) is 23.2. The molecule has 0 fully saturated rings. The monoisotopic (exact) mass is 1170 g/mol. The van der Waals surface area contributed by atoms with Gasteiger partial charge in [-0.2, -0.15) is 0 Å². The van der Waals surface area contributed by atoms with Gasteiger partial charge in [0.05, 0.1) is 90.7 Å². The molecule has 9 N–H and O–H groups in total. The molecule has 0 amide bonds. The van der Waals surface area contributed by atoms with Crippen LogP contribution in [0, 0.1) is 13.8 Å². The van der Waals surface area contributed by atoms with Crippen LogP contribution < -0.4 is 26.5 Å². The van der Waals surface area contributed by atoms with Gasteiger partial charge in [-0.05, 0) is 235 Å². The van der Waals surface area contributed by atoms with Crippen molar-refractivity contribution in [1.29, 1.82) is 0 Å². The molecule has 19 nitrogen and oxygen atoms in total. The van der Waals surface area contributed by atoms with Crippen LogP contribution in [0.1, 0.15) is 143 Å². The van der Waals surface area contributed by atoms with Gasteiger partial charge in [0.1, 0.15) is 0 Å². The highest BCUT2D eigenvalue weighted by Crippen LogP contribution is 2.40. The van der Waals surface area contributed by atoms with Crippen molar-refractivity contribution in [2.75, 3.05) is 0 Å². The molecule has 87 heavy (non-hydrogen) atoms. The molecule has 0 saturated heterocycles. The number of hydrogen-bond acceptors (Lipinski definition) is 13. The standard InChI is InChI=1S/C68H71N9O10/c1-29-41(13-17-61(80)81)53-27-55-43(15-19-63(84)85)31(3)47(72-55)23-57-65(33(5)51(74-57)25-59-67(39(11)78)35(7)49(76-59)21-45(29)70-53)37(9)69-38(10)66-34(6)52-26-60-68(40(12)79)36(8)50(77-60)22-46-30(2)42(14-18-62(82)83)54(71-46)28-56-44(16-20-64(86)87)32(4)48(73-56)24-58(66)75-52/h21-28,37-38,69,76-79H,13-20H2,1-12H3,(H,80,81)(H,82,83)(H,84,85)(H,86,87)/b45-21?,46-22?,55-27?,56-28?,57-23?,58-24?,59-25?,60-26?,67-39-,68-40-. The van der Waals surface area contributed by atoms with E-state index in [1.54, 1.807) is 13.8 Å². The van der Waals surface area contributed by atoms with Gasteiger partial charge in [0.25, 0.3) is 0 Å². The van der Waals surface area contributed by atoms with E-state index in [1.807, 2.05) is 104 Å². The maximum atomic E-state index is 12.1. The summed E-state index contributed by atoms with van der Waals surface area (Å²) in [6.45, 7) is 22.8. The van der Waals surface area contributed by atoms with Crippen molar-refractivity contribution in [1.82, 2.24) is 15.3 Å². The summed E-state index contributed by atoms with van der Waals surface area (Å²) in [7, 11) is 0. The SMILES string of the molecule is CC1=C(CCC(=O)O)C2=CC3=NC(=Cc4[nH]c(/c(=C(/C)O)c4C)=CC4=NC(=CC1=N2)C(C(C)NC(C)C1=C(C)C2=NC1=CC1=NC(=CC5=NC(=Cc6[nH]c(/c(=C(/C)O)c6C)=C2)C(C)=C5CCC(=O)O)C(CCC(=O)O)=C1C)=C4C)C(C)=C3CCC(=O)O. The quantitative estimate of drug-likeness (QED) is 0.0763. The second kappa shape index (κ2) is 23.7. The number of rotatable bonds is 16. The Balaban J connectivity index is 1.13. The first kappa shape index (κ1) is 60.5. The molecule has 16 bridgehead atoms. The Kier molecular flexibility index (Phi) is 16.5. The summed E-state index contributed by atoms with van der Waals surface area (Å²) in [4.78, 5) is 86.5. The lowest BCUT2D eigenvalue weighted by Gasteiger charge is -2.24. The van der Waals surface area contributed by atoms with Gasteiger partial charge >= 0.3 is 23.9 Å². The van der Waals surface area contributed by atoms with Crippen LogP contribution in [0.15, 0.2) is 155 Å². The average Bonchev–Trinajstić information content (AvgIpc) is 1.72. The van der Waals surface area contributed by atoms with Crippen LogP contribution in [-0.4, -0.2) is 111 Å². The molecule has 2 unspecified atom stereocenters. The Morgan fingerprint density at radius 3 is 1.02 bits per heavy atom. The fraction of sp³-hybridized carbons (Fsp3) is 0.324. The first-order chi connectivity index (χ1) is 41.2. The molecule has 2 aromatic rings. The molecule has 0 aliphatic carbocycles. The molecular weight excluding hydrogens is 1100 g/mol. The number of aromatic nitrogens is 2. The zero-order chi connectivity index (χ0) is 62.8. The number of carboxylic acid groups (broad SMARTS) is 4. The van der Waals surface area contributed by atoms with Gasteiger partial charge in [0, 0.05) is 59.6 Å². The number of carboxylic acids is 4. The molecule has 19 heteroatoms. The van der Waals surface area contributed by atoms with Crippen LogP contribution in [0.5, 0.6) is 0 Å². The van der Waals surface area contributed by atoms with E-state index in [0.717, 1.165) is 78.0 Å². The lowest BCUT2D eigenvalue weighted by atomic mass is 9.93. The van der Waals surface area contributed by atoms with Crippen molar-refractivity contribution in [3.8, 4) is 0 Å². The molecule has 2 atom stereocenters. The highest BCUT2D eigenvalue weighted by atomic mass is 16.4. The summed E-state index contributed by atoms with van der Waals surface area (Å²) in [6, 6.07) is -0.854. The minimum absolute atomic E-state index is 0.0918. The molecule has 8 aliphatic rings. The Hall–Kier alpha value is -9.62. The highest BCUT2D eigenvalue weighted by molar-refractivity contribution is 6.25. The maximum absolute atomic E-state index is 12.1. The van der Waals surface area contributed by atoms with E-state index in [4.69, 9.17) is 30.0 Å². The average molecular weight is 1170 g/mol. The molecule has 8 aliphatic heterocycles. The normalized spacial score (nSPS) is 19.5. The van der Waals surface area contributed by atoms with Gasteiger partial charge < -0.3 is 45.9 Å². The largest absolute Gasteiger partial charge is 0.512 e. The molecule has 10 heterocycles. The molecule has 0 spiro atoms. The number of nitrogens with one attached hydrogen (secondary N) is 3. The number of nitrogens with zero attached hydrogens (tertiary/aromatic N) is 6. The van der Waals surface area contributed by atoms with Crippen molar-refractivity contribution in [2.24, 2.45) is 30.0 Å². The van der Waals surface area contributed by atoms with Crippen molar-refractivity contribution < 1.29 is 49.8 Å². The van der Waals surface area contributed by atoms with E-state index in [1.165, 1.54) is 0 Å². The maximum Gasteiger partial charge on any atom is 0.303 e. The zero-order valence-corrected chi connectivity index (χ0v) is 50.9. The number of fused-ring (bicyclic) bond motifs is 10. The van der Waals surface area contributed by atoms with Gasteiger partial charge in [0.15, 0.2) is 0 Å². The third-order valence-electron chi connectivity index (χ3n) is 17.5. The molecule has 0 aromatic carbocycles. The first-order valence-corrected chi connectivity index (χ1v) is 29.1. The van der Waals surface area contributed by atoms with Crippen LogP contribution >= 0.6 is 0 Å². The smallest absolute Gasteiger partial charge is 0.303 e. The van der Waals surface area contributed by atoms with E-state index < -0.39 is 36.0 Å². The lowest BCUT2D eigenvalue weighted by Crippen LogP contribution is -2.38. The van der Waals surface area contributed by atoms with Crippen molar-refractivity contribution in [3.63, 3.8) is 0 Å². The number of aliphatic hydroxyl groups is 2. The number of aromatic amines is 2. The molecule has 0 radical (unpaired) electrons. The van der Waals surface area contributed by atoms with Crippen LogP contribution in [0.4, 0.5) is 0 Å². The fourth-order valence-electron chi connectivity index (χ4n) is 12.9. The van der Waals surface area contributed by atoms with Gasteiger partial charge in [0.2, 0.25) is 0 Å².